The van der Waals surface area contributed by atoms with Crippen LogP contribution < -0.4 is 0 Å². The zero-order valence-corrected chi connectivity index (χ0v) is 10.1. The number of carbonyl (C=O) groups excluding carboxylic acids is 1. The predicted molar refractivity (Wildman–Crippen MR) is 62.8 cm³/mol. The molecule has 0 spiro atoms. The van der Waals surface area contributed by atoms with Crippen LogP contribution >= 0.6 is 11.6 Å². The number of esters is 1. The van der Waals surface area contributed by atoms with Gasteiger partial charge in [-0.3, -0.25) is 0 Å². The lowest BCUT2D eigenvalue weighted by Crippen LogP contribution is -2.04. The lowest BCUT2D eigenvalue weighted by atomic mass is 10.1. The van der Waals surface area contributed by atoms with Crippen molar-refractivity contribution >= 4 is 17.6 Å². The van der Waals surface area contributed by atoms with Gasteiger partial charge in [-0.05, 0) is 12.1 Å². The molecule has 0 saturated heterocycles. The van der Waals surface area contributed by atoms with E-state index < -0.39 is 5.97 Å². The van der Waals surface area contributed by atoms with Crippen LogP contribution in [-0.4, -0.2) is 28.1 Å². The first-order valence-corrected chi connectivity index (χ1v) is 5.25. The summed E-state index contributed by atoms with van der Waals surface area (Å²) in [7, 11) is 3.02. The molecule has 0 saturated carbocycles. The Morgan fingerprint density at radius 3 is 2.59 bits per heavy atom. The van der Waals surface area contributed by atoms with E-state index in [1.165, 1.54) is 11.8 Å². The van der Waals surface area contributed by atoms with Gasteiger partial charge in [-0.2, -0.15) is 0 Å². The third-order valence-corrected chi connectivity index (χ3v) is 2.58. The average Bonchev–Trinajstić information content (AvgIpc) is 2.71. The first-order chi connectivity index (χ1) is 8.13. The Kier molecular flexibility index (Phi) is 3.10. The molecule has 1 aromatic heterocycles. The van der Waals surface area contributed by atoms with Crippen molar-refractivity contribution in [3.8, 4) is 11.3 Å². The average molecular weight is 252 g/mol. The van der Waals surface area contributed by atoms with E-state index >= 15 is 0 Å². The maximum absolute atomic E-state index is 11.5. The Bertz CT molecular complexity index is 548. The number of methoxy groups -OCH3 is 1. The Hall–Kier alpha value is -1.88. The number of aromatic nitrogens is 3. The van der Waals surface area contributed by atoms with Gasteiger partial charge in [-0.1, -0.05) is 28.9 Å². The number of aryl methyl sites for hydroxylation is 1. The number of nitrogens with zero attached hydrogens (tertiary/aromatic N) is 3. The molecule has 0 N–H and O–H groups in total. The normalized spacial score (nSPS) is 10.3. The number of rotatable bonds is 2. The Balaban J connectivity index is 2.54. The number of carbonyl (C=O) groups is 1. The van der Waals surface area contributed by atoms with Crippen LogP contribution in [0.2, 0.25) is 5.02 Å². The summed E-state index contributed by atoms with van der Waals surface area (Å²) in [6.07, 6.45) is 0. The van der Waals surface area contributed by atoms with E-state index in [0.29, 0.717) is 10.7 Å². The number of ether oxygens (including phenoxy) is 1. The van der Waals surface area contributed by atoms with Gasteiger partial charge < -0.3 is 4.74 Å². The Labute approximate surface area is 103 Å². The molecule has 17 heavy (non-hydrogen) atoms. The van der Waals surface area contributed by atoms with Crippen molar-refractivity contribution in [2.24, 2.45) is 7.05 Å². The molecule has 1 aromatic carbocycles. The fourth-order valence-corrected chi connectivity index (χ4v) is 1.65. The van der Waals surface area contributed by atoms with Crippen molar-refractivity contribution in [3.05, 3.63) is 35.0 Å². The van der Waals surface area contributed by atoms with E-state index in [1.807, 2.05) is 0 Å². The zero-order chi connectivity index (χ0) is 12.4. The summed E-state index contributed by atoms with van der Waals surface area (Å²) in [5.41, 5.74) is 1.60. The fraction of sp³-hybridized carbons (Fsp3) is 0.182. The lowest BCUT2D eigenvalue weighted by molar-refractivity contribution is 0.0595. The Morgan fingerprint density at radius 1 is 1.35 bits per heavy atom. The minimum absolute atomic E-state index is 0.192. The Morgan fingerprint density at radius 2 is 2.00 bits per heavy atom. The first kappa shape index (κ1) is 11.6. The molecule has 1 heterocycles. The second-order valence-electron chi connectivity index (χ2n) is 3.41. The van der Waals surface area contributed by atoms with Crippen LogP contribution in [-0.2, 0) is 11.8 Å². The van der Waals surface area contributed by atoms with Gasteiger partial charge in [-0.25, -0.2) is 9.48 Å². The van der Waals surface area contributed by atoms with E-state index in [9.17, 15) is 4.79 Å². The SMILES string of the molecule is COC(=O)c1nnn(C)c1-c1ccc(Cl)cc1. The highest BCUT2D eigenvalue weighted by Gasteiger charge is 2.19. The van der Waals surface area contributed by atoms with Crippen molar-refractivity contribution in [2.45, 2.75) is 0 Å². The highest BCUT2D eigenvalue weighted by molar-refractivity contribution is 6.30. The first-order valence-electron chi connectivity index (χ1n) is 4.87. The molecule has 0 radical (unpaired) electrons. The van der Waals surface area contributed by atoms with Crippen LogP contribution in [0.3, 0.4) is 0 Å². The molecule has 2 rings (SSSR count). The van der Waals surface area contributed by atoms with Gasteiger partial charge in [0.05, 0.1) is 7.11 Å². The minimum atomic E-state index is -0.511. The summed E-state index contributed by atoms with van der Waals surface area (Å²) in [4.78, 5) is 11.5. The van der Waals surface area contributed by atoms with Crippen LogP contribution in [0.4, 0.5) is 0 Å². The minimum Gasteiger partial charge on any atom is -0.464 e. The van der Waals surface area contributed by atoms with Gasteiger partial charge in [-0.15, -0.1) is 5.10 Å². The van der Waals surface area contributed by atoms with Crippen LogP contribution in [0.15, 0.2) is 24.3 Å². The summed E-state index contributed by atoms with van der Waals surface area (Å²) < 4.78 is 6.18. The molecule has 0 unspecified atom stereocenters. The second-order valence-corrected chi connectivity index (χ2v) is 3.85. The third kappa shape index (κ3) is 2.14. The fourth-order valence-electron chi connectivity index (χ4n) is 1.52. The molecule has 0 aliphatic carbocycles. The van der Waals surface area contributed by atoms with Crippen LogP contribution in [0.1, 0.15) is 10.5 Å². The van der Waals surface area contributed by atoms with Crippen molar-refractivity contribution in [2.75, 3.05) is 7.11 Å². The maximum atomic E-state index is 11.5. The van der Waals surface area contributed by atoms with Crippen molar-refractivity contribution in [3.63, 3.8) is 0 Å². The standard InChI is InChI=1S/C11H10ClN3O2/c1-15-10(7-3-5-8(12)6-4-7)9(13-14-15)11(16)17-2/h3-6H,1-2H3. The van der Waals surface area contributed by atoms with E-state index in [4.69, 9.17) is 11.6 Å². The molecule has 88 valence electrons. The molecular formula is C11H10ClN3O2. The smallest absolute Gasteiger partial charge is 0.360 e. The number of hydrogen-bond donors (Lipinski definition) is 0. The van der Waals surface area contributed by atoms with E-state index in [1.54, 1.807) is 31.3 Å². The van der Waals surface area contributed by atoms with Crippen LogP contribution in [0, 0.1) is 0 Å². The van der Waals surface area contributed by atoms with Gasteiger partial charge in [0, 0.05) is 17.6 Å². The molecular weight excluding hydrogens is 242 g/mol. The van der Waals surface area contributed by atoms with Gasteiger partial charge in [0.1, 0.15) is 5.69 Å². The molecule has 6 heteroatoms. The summed E-state index contributed by atoms with van der Waals surface area (Å²) in [5, 5.41) is 8.24. The van der Waals surface area contributed by atoms with Gasteiger partial charge in [0.15, 0.2) is 5.69 Å². The quantitative estimate of drug-likeness (QED) is 0.766. The summed E-state index contributed by atoms with van der Waals surface area (Å²) in [5.74, 6) is -0.511. The monoisotopic (exact) mass is 251 g/mol. The topological polar surface area (TPSA) is 57.0 Å². The van der Waals surface area contributed by atoms with E-state index in [2.05, 4.69) is 15.0 Å². The van der Waals surface area contributed by atoms with E-state index in [0.717, 1.165) is 5.56 Å². The largest absolute Gasteiger partial charge is 0.464 e. The molecule has 0 aliphatic heterocycles. The second kappa shape index (κ2) is 4.55. The number of hydrogen-bond acceptors (Lipinski definition) is 4. The van der Waals surface area contributed by atoms with Crippen LogP contribution in [0.25, 0.3) is 11.3 Å². The molecule has 0 bridgehead atoms. The third-order valence-electron chi connectivity index (χ3n) is 2.32. The highest BCUT2D eigenvalue weighted by atomic mass is 35.5. The van der Waals surface area contributed by atoms with Crippen LogP contribution in [0.5, 0.6) is 0 Å². The van der Waals surface area contributed by atoms with Gasteiger partial charge in [0.25, 0.3) is 0 Å². The number of benzene rings is 1. The van der Waals surface area contributed by atoms with Gasteiger partial charge in [0.2, 0.25) is 0 Å². The molecule has 0 atom stereocenters. The maximum Gasteiger partial charge on any atom is 0.360 e. The molecule has 5 nitrogen and oxygen atoms in total. The van der Waals surface area contributed by atoms with Gasteiger partial charge >= 0.3 is 5.97 Å². The highest BCUT2D eigenvalue weighted by Crippen LogP contribution is 2.23. The summed E-state index contributed by atoms with van der Waals surface area (Å²) in [6.45, 7) is 0. The molecule has 0 amide bonds. The summed E-state index contributed by atoms with van der Waals surface area (Å²) in [6, 6.07) is 7.08. The van der Waals surface area contributed by atoms with Crippen molar-refractivity contribution in [1.82, 2.24) is 15.0 Å². The summed E-state index contributed by atoms with van der Waals surface area (Å²) >= 11 is 5.81. The molecule has 0 fully saturated rings. The van der Waals surface area contributed by atoms with Crippen molar-refractivity contribution < 1.29 is 9.53 Å². The lowest BCUT2D eigenvalue weighted by Gasteiger charge is -2.03. The zero-order valence-electron chi connectivity index (χ0n) is 9.35. The molecule has 0 aliphatic rings. The van der Waals surface area contributed by atoms with Crippen molar-refractivity contribution in [1.29, 1.82) is 0 Å². The predicted octanol–water partition coefficient (Wildman–Crippen LogP) is 1.92. The van der Waals surface area contributed by atoms with E-state index in [-0.39, 0.29) is 5.69 Å². The molecule has 2 aromatic rings. The number of halogens is 1.